The van der Waals surface area contributed by atoms with Gasteiger partial charge in [0.15, 0.2) is 5.54 Å². The fraction of sp³-hybridized carbons (Fsp3) is 0.667. The number of hydrogen-bond acceptors (Lipinski definition) is 5. The molecule has 1 saturated heterocycles. The number of hydrogen-bond donors (Lipinski definition) is 2. The average molecular weight is 325 g/mol. The summed E-state index contributed by atoms with van der Waals surface area (Å²) in [6.45, 7) is 4.83. The van der Waals surface area contributed by atoms with Crippen LogP contribution < -0.4 is 5.32 Å². The van der Waals surface area contributed by atoms with Crippen molar-refractivity contribution in [3.05, 3.63) is 12.4 Å². The van der Waals surface area contributed by atoms with Gasteiger partial charge in [-0.3, -0.25) is 9.48 Å². The Hall–Kier alpha value is -1.93. The summed E-state index contributed by atoms with van der Waals surface area (Å²) in [5, 5.41) is 15.8. The lowest BCUT2D eigenvalue weighted by molar-refractivity contribution is -0.146. The third-order valence-corrected chi connectivity index (χ3v) is 3.81. The molecule has 23 heavy (non-hydrogen) atoms. The highest BCUT2D eigenvalue weighted by Gasteiger charge is 2.30. The van der Waals surface area contributed by atoms with Crippen molar-refractivity contribution in [2.24, 2.45) is 0 Å². The second-order valence-electron chi connectivity index (χ2n) is 6.02. The largest absolute Gasteiger partial charge is 0.479 e. The van der Waals surface area contributed by atoms with Crippen molar-refractivity contribution >= 4 is 17.6 Å². The highest BCUT2D eigenvalue weighted by Crippen LogP contribution is 2.17. The second-order valence-corrected chi connectivity index (χ2v) is 6.02. The average Bonchev–Trinajstić information content (AvgIpc) is 2.97. The standard InChI is InChI=1S/C15H23N3O5/c1-15(2,14(20)21)18-10-11(9-16-18)17-13(19)5-8-23-12-3-6-22-7-4-12/h9-10,12H,3-8H2,1-2H3,(H,17,19)(H,20,21). The van der Waals surface area contributed by atoms with Gasteiger partial charge in [-0.05, 0) is 26.7 Å². The van der Waals surface area contributed by atoms with E-state index in [0.717, 1.165) is 12.8 Å². The molecule has 1 aromatic heterocycles. The molecule has 8 heteroatoms. The highest BCUT2D eigenvalue weighted by molar-refractivity contribution is 5.90. The summed E-state index contributed by atoms with van der Waals surface area (Å²) in [5.74, 6) is -1.19. The van der Waals surface area contributed by atoms with E-state index < -0.39 is 11.5 Å². The van der Waals surface area contributed by atoms with Gasteiger partial charge >= 0.3 is 5.97 Å². The van der Waals surface area contributed by atoms with Crippen molar-refractivity contribution in [2.45, 2.75) is 44.8 Å². The van der Waals surface area contributed by atoms with Crippen LogP contribution >= 0.6 is 0 Å². The minimum Gasteiger partial charge on any atom is -0.479 e. The Morgan fingerprint density at radius 2 is 2.17 bits per heavy atom. The molecule has 8 nitrogen and oxygen atoms in total. The number of aromatic nitrogens is 2. The van der Waals surface area contributed by atoms with E-state index in [2.05, 4.69) is 10.4 Å². The molecule has 0 spiro atoms. The van der Waals surface area contributed by atoms with Crippen molar-refractivity contribution in [3.63, 3.8) is 0 Å². The zero-order valence-electron chi connectivity index (χ0n) is 13.4. The number of carboxylic acids is 1. The molecule has 1 aromatic rings. The molecule has 0 bridgehead atoms. The number of nitrogens with zero attached hydrogens (tertiary/aromatic N) is 2. The first-order chi connectivity index (χ1) is 10.9. The molecule has 2 heterocycles. The summed E-state index contributed by atoms with van der Waals surface area (Å²) in [7, 11) is 0. The van der Waals surface area contributed by atoms with Crippen LogP contribution in [0.4, 0.5) is 5.69 Å². The first-order valence-electron chi connectivity index (χ1n) is 7.67. The van der Waals surface area contributed by atoms with Crippen LogP contribution in [0.15, 0.2) is 12.4 Å². The summed E-state index contributed by atoms with van der Waals surface area (Å²) in [6, 6.07) is 0. The van der Waals surface area contributed by atoms with Crippen molar-refractivity contribution < 1.29 is 24.2 Å². The lowest BCUT2D eigenvalue weighted by Gasteiger charge is -2.22. The van der Waals surface area contributed by atoms with Gasteiger partial charge in [-0.2, -0.15) is 5.10 Å². The van der Waals surface area contributed by atoms with Crippen LogP contribution in [0.25, 0.3) is 0 Å². The quantitative estimate of drug-likeness (QED) is 0.781. The zero-order chi connectivity index (χ0) is 16.9. The number of carbonyl (C=O) groups is 2. The van der Waals surface area contributed by atoms with E-state index in [0.29, 0.717) is 25.5 Å². The monoisotopic (exact) mass is 325 g/mol. The fourth-order valence-corrected chi connectivity index (χ4v) is 2.18. The third kappa shape index (κ3) is 4.77. The van der Waals surface area contributed by atoms with Crippen molar-refractivity contribution in [1.29, 1.82) is 0 Å². The molecule has 1 fully saturated rings. The molecule has 0 aromatic carbocycles. The Morgan fingerprint density at radius 3 is 2.83 bits per heavy atom. The molecule has 2 rings (SSSR count). The number of rotatable bonds is 7. The smallest absolute Gasteiger partial charge is 0.331 e. The predicted octanol–water partition coefficient (Wildman–Crippen LogP) is 1.23. The maximum atomic E-state index is 11.9. The van der Waals surface area contributed by atoms with Crippen molar-refractivity contribution in [2.75, 3.05) is 25.1 Å². The second kappa shape index (κ2) is 7.56. The van der Waals surface area contributed by atoms with E-state index in [1.807, 2.05) is 0 Å². The maximum Gasteiger partial charge on any atom is 0.331 e. The van der Waals surface area contributed by atoms with Crippen LogP contribution in [-0.4, -0.2) is 52.7 Å². The number of amides is 1. The van der Waals surface area contributed by atoms with Gasteiger partial charge < -0.3 is 19.9 Å². The van der Waals surface area contributed by atoms with E-state index in [9.17, 15) is 9.59 Å². The number of anilines is 1. The first-order valence-corrected chi connectivity index (χ1v) is 7.67. The van der Waals surface area contributed by atoms with Gasteiger partial charge in [-0.25, -0.2) is 4.79 Å². The number of nitrogens with one attached hydrogen (secondary N) is 1. The van der Waals surface area contributed by atoms with E-state index in [1.54, 1.807) is 0 Å². The molecule has 0 aliphatic carbocycles. The van der Waals surface area contributed by atoms with Crippen molar-refractivity contribution in [3.8, 4) is 0 Å². The summed E-state index contributed by atoms with van der Waals surface area (Å²) < 4.78 is 12.2. The summed E-state index contributed by atoms with van der Waals surface area (Å²) >= 11 is 0. The Kier molecular flexibility index (Phi) is 5.73. The molecule has 0 radical (unpaired) electrons. The van der Waals surface area contributed by atoms with Gasteiger partial charge in [-0.1, -0.05) is 0 Å². The van der Waals surface area contributed by atoms with Crippen LogP contribution in [0.1, 0.15) is 33.1 Å². The van der Waals surface area contributed by atoms with Crippen LogP contribution in [0.5, 0.6) is 0 Å². The first kappa shape index (κ1) is 17.4. The molecule has 1 aliphatic rings. The Morgan fingerprint density at radius 1 is 1.48 bits per heavy atom. The zero-order valence-corrected chi connectivity index (χ0v) is 13.4. The molecule has 2 N–H and O–H groups in total. The molecule has 0 atom stereocenters. The van der Waals surface area contributed by atoms with Gasteiger partial charge in [-0.15, -0.1) is 0 Å². The van der Waals surface area contributed by atoms with Crippen LogP contribution in [0.3, 0.4) is 0 Å². The molecule has 0 unspecified atom stereocenters. The van der Waals surface area contributed by atoms with E-state index in [4.69, 9.17) is 14.6 Å². The number of ether oxygens (including phenoxy) is 2. The Balaban J connectivity index is 1.77. The number of carbonyl (C=O) groups excluding carboxylic acids is 1. The molecule has 1 amide bonds. The van der Waals surface area contributed by atoms with Gasteiger partial charge in [0.05, 0.1) is 31.0 Å². The van der Waals surface area contributed by atoms with Gasteiger partial charge in [0, 0.05) is 19.4 Å². The number of aliphatic carboxylic acids is 1. The topological polar surface area (TPSA) is 103 Å². The van der Waals surface area contributed by atoms with Crippen LogP contribution in [0, 0.1) is 0 Å². The Bertz CT molecular complexity index is 549. The fourth-order valence-electron chi connectivity index (χ4n) is 2.18. The molecular weight excluding hydrogens is 302 g/mol. The van der Waals surface area contributed by atoms with Crippen LogP contribution in [-0.2, 0) is 24.6 Å². The third-order valence-electron chi connectivity index (χ3n) is 3.81. The molecular formula is C15H23N3O5. The van der Waals surface area contributed by atoms with E-state index in [-0.39, 0.29) is 18.4 Å². The SMILES string of the molecule is CC(C)(C(=O)O)n1cc(NC(=O)CCOC2CCOCC2)cn1. The number of carboxylic acid groups (broad SMARTS) is 1. The normalized spacial score (nSPS) is 16.3. The lowest BCUT2D eigenvalue weighted by atomic mass is 10.1. The van der Waals surface area contributed by atoms with Gasteiger partial charge in [0.1, 0.15) is 0 Å². The van der Waals surface area contributed by atoms with Gasteiger partial charge in [0.2, 0.25) is 5.91 Å². The minimum atomic E-state index is -1.17. The summed E-state index contributed by atoms with van der Waals surface area (Å²) in [5.41, 5.74) is -0.704. The lowest BCUT2D eigenvalue weighted by Crippen LogP contribution is -2.35. The molecule has 0 saturated carbocycles. The minimum absolute atomic E-state index is 0.163. The molecule has 1 aliphatic heterocycles. The van der Waals surface area contributed by atoms with E-state index in [1.165, 1.54) is 30.9 Å². The predicted molar refractivity (Wildman–Crippen MR) is 82.2 cm³/mol. The van der Waals surface area contributed by atoms with E-state index >= 15 is 0 Å². The molecule has 128 valence electrons. The summed E-state index contributed by atoms with van der Waals surface area (Å²) in [6.07, 6.45) is 5.06. The maximum absolute atomic E-state index is 11.9. The van der Waals surface area contributed by atoms with Crippen molar-refractivity contribution in [1.82, 2.24) is 9.78 Å². The highest BCUT2D eigenvalue weighted by atomic mass is 16.5. The van der Waals surface area contributed by atoms with Gasteiger partial charge in [0.25, 0.3) is 0 Å². The Labute approximate surface area is 134 Å². The summed E-state index contributed by atoms with van der Waals surface area (Å²) in [4.78, 5) is 23.0. The van der Waals surface area contributed by atoms with Crippen LogP contribution in [0.2, 0.25) is 0 Å².